The first-order valence-corrected chi connectivity index (χ1v) is 8.29. The lowest BCUT2D eigenvalue weighted by atomic mass is 10.0. The predicted octanol–water partition coefficient (Wildman–Crippen LogP) is 2.59. The van der Waals surface area contributed by atoms with Crippen LogP contribution in [-0.4, -0.2) is 46.5 Å². The zero-order valence-corrected chi connectivity index (χ0v) is 15.1. The lowest BCUT2D eigenvalue weighted by Gasteiger charge is -2.29. The fraction of sp³-hybridized carbons (Fsp3) is 0.500. The van der Waals surface area contributed by atoms with Crippen molar-refractivity contribution in [3.63, 3.8) is 0 Å². The maximum absolute atomic E-state index is 13.1. The first kappa shape index (κ1) is 18.1. The highest BCUT2D eigenvalue weighted by atomic mass is 16.5. The molecule has 0 unspecified atom stereocenters. The summed E-state index contributed by atoms with van der Waals surface area (Å²) >= 11 is 0. The number of hydrogen-bond donors (Lipinski definition) is 0. The van der Waals surface area contributed by atoms with E-state index in [4.69, 9.17) is 4.52 Å². The molecule has 24 heavy (non-hydrogen) atoms. The van der Waals surface area contributed by atoms with E-state index >= 15 is 0 Å². The molecule has 1 heterocycles. The normalized spacial score (nSPS) is 12.4. The zero-order chi connectivity index (χ0) is 17.7. The molecule has 6 heteroatoms. The molecule has 0 fully saturated rings. The summed E-state index contributed by atoms with van der Waals surface area (Å²) in [5.74, 6) is 1.17. The van der Waals surface area contributed by atoms with Crippen molar-refractivity contribution in [2.24, 2.45) is 0 Å². The second-order valence-electron chi connectivity index (χ2n) is 6.09. The van der Waals surface area contributed by atoms with Crippen molar-refractivity contribution in [1.82, 2.24) is 19.9 Å². The maximum Gasteiger partial charge on any atom is 0.246 e. The molecule has 0 spiro atoms. The fourth-order valence-corrected chi connectivity index (χ4v) is 2.68. The lowest BCUT2D eigenvalue weighted by Crippen LogP contribution is -2.40. The van der Waals surface area contributed by atoms with Gasteiger partial charge in [0.1, 0.15) is 12.6 Å². The molecule has 0 N–H and O–H groups in total. The molecule has 2 rings (SSSR count). The minimum absolute atomic E-state index is 0.0318. The minimum atomic E-state index is -0.335. The summed E-state index contributed by atoms with van der Waals surface area (Å²) in [4.78, 5) is 21.1. The largest absolute Gasteiger partial charge is 0.337 e. The van der Waals surface area contributed by atoms with E-state index in [2.05, 4.69) is 16.2 Å². The number of nitrogens with zero attached hydrogens (tertiary/aromatic N) is 4. The Morgan fingerprint density at radius 2 is 2.04 bits per heavy atom. The third-order valence-corrected chi connectivity index (χ3v) is 3.95. The van der Waals surface area contributed by atoms with Crippen LogP contribution in [0.15, 0.2) is 28.8 Å². The van der Waals surface area contributed by atoms with Crippen LogP contribution in [0.4, 0.5) is 0 Å². The second-order valence-corrected chi connectivity index (χ2v) is 6.09. The number of carbonyl (C=O) groups excluding carboxylic acids is 1. The molecule has 1 aromatic carbocycles. The van der Waals surface area contributed by atoms with Gasteiger partial charge in [-0.15, -0.1) is 0 Å². The van der Waals surface area contributed by atoms with Crippen LogP contribution in [0, 0.1) is 6.92 Å². The Bertz CT molecular complexity index is 681. The van der Waals surface area contributed by atoms with Crippen LogP contribution < -0.4 is 0 Å². The molecule has 1 amide bonds. The topological polar surface area (TPSA) is 62.5 Å². The molecule has 1 atom stereocenters. The van der Waals surface area contributed by atoms with E-state index in [1.54, 1.807) is 4.90 Å². The monoisotopic (exact) mass is 330 g/mol. The van der Waals surface area contributed by atoms with Gasteiger partial charge in [-0.25, -0.2) is 0 Å². The van der Waals surface area contributed by atoms with Crippen molar-refractivity contribution in [1.29, 1.82) is 0 Å². The summed E-state index contributed by atoms with van der Waals surface area (Å²) in [6.45, 7) is 6.87. The van der Waals surface area contributed by atoms with Gasteiger partial charge in [-0.2, -0.15) is 4.98 Å². The number of benzene rings is 1. The highest BCUT2D eigenvalue weighted by molar-refractivity contribution is 5.83. The van der Waals surface area contributed by atoms with Crippen molar-refractivity contribution in [2.45, 2.75) is 39.8 Å². The number of likely N-dealkylation sites (N-methyl/N-ethyl adjacent to an activating group) is 2. The number of rotatable bonds is 7. The maximum atomic E-state index is 13.1. The summed E-state index contributed by atoms with van der Waals surface area (Å²) in [6, 6.07) is 7.72. The summed E-state index contributed by atoms with van der Waals surface area (Å²) in [7, 11) is 3.83. The first-order chi connectivity index (χ1) is 11.5. The molecule has 0 saturated carbocycles. The summed E-state index contributed by atoms with van der Waals surface area (Å²) < 4.78 is 5.23. The van der Waals surface area contributed by atoms with E-state index in [1.807, 2.05) is 58.0 Å². The molecule has 0 aliphatic heterocycles. The van der Waals surface area contributed by atoms with Crippen LogP contribution >= 0.6 is 0 Å². The SMILES string of the molecule is CCc1noc(CN(CC)C(=O)[C@@H](c2cccc(C)c2)N(C)C)n1. The second kappa shape index (κ2) is 8.06. The molecular formula is C18H26N4O2. The molecule has 1 aromatic heterocycles. The van der Waals surface area contributed by atoms with Crippen LogP contribution in [-0.2, 0) is 17.8 Å². The van der Waals surface area contributed by atoms with E-state index < -0.39 is 0 Å². The van der Waals surface area contributed by atoms with Gasteiger partial charge in [0.05, 0.1) is 0 Å². The number of hydrogen-bond acceptors (Lipinski definition) is 5. The molecule has 0 aliphatic rings. The summed E-state index contributed by atoms with van der Waals surface area (Å²) in [5, 5.41) is 3.90. The zero-order valence-electron chi connectivity index (χ0n) is 15.1. The average molecular weight is 330 g/mol. The van der Waals surface area contributed by atoms with Crippen LogP contribution in [0.3, 0.4) is 0 Å². The Morgan fingerprint density at radius 1 is 1.29 bits per heavy atom. The smallest absolute Gasteiger partial charge is 0.246 e. The van der Waals surface area contributed by atoms with E-state index in [1.165, 1.54) is 0 Å². The van der Waals surface area contributed by atoms with Crippen molar-refractivity contribution >= 4 is 5.91 Å². The van der Waals surface area contributed by atoms with Crippen LogP contribution in [0.1, 0.15) is 42.7 Å². The van der Waals surface area contributed by atoms with Gasteiger partial charge < -0.3 is 9.42 Å². The van der Waals surface area contributed by atoms with Gasteiger partial charge in [-0.1, -0.05) is 41.9 Å². The van der Waals surface area contributed by atoms with Gasteiger partial charge in [0, 0.05) is 13.0 Å². The first-order valence-electron chi connectivity index (χ1n) is 8.29. The predicted molar refractivity (Wildman–Crippen MR) is 92.4 cm³/mol. The molecular weight excluding hydrogens is 304 g/mol. The molecule has 0 bridgehead atoms. The van der Waals surface area contributed by atoms with Crippen molar-refractivity contribution in [3.8, 4) is 0 Å². The van der Waals surface area contributed by atoms with E-state index in [-0.39, 0.29) is 11.9 Å². The lowest BCUT2D eigenvalue weighted by molar-refractivity contribution is -0.137. The summed E-state index contributed by atoms with van der Waals surface area (Å²) in [6.07, 6.45) is 0.715. The van der Waals surface area contributed by atoms with Crippen molar-refractivity contribution in [2.75, 3.05) is 20.6 Å². The Hall–Kier alpha value is -2.21. The molecule has 0 aliphatic carbocycles. The third-order valence-electron chi connectivity index (χ3n) is 3.95. The van der Waals surface area contributed by atoms with E-state index in [9.17, 15) is 4.79 Å². The standard InChI is InChI=1S/C18H26N4O2/c1-6-15-19-16(24-20-15)12-22(7-2)18(23)17(21(4)5)14-10-8-9-13(3)11-14/h8-11,17H,6-7,12H2,1-5H3/t17-/m1/s1. The van der Waals surface area contributed by atoms with Gasteiger partial charge in [0.2, 0.25) is 11.8 Å². The molecule has 0 radical (unpaired) electrons. The highest BCUT2D eigenvalue weighted by Crippen LogP contribution is 2.22. The highest BCUT2D eigenvalue weighted by Gasteiger charge is 2.28. The van der Waals surface area contributed by atoms with Gasteiger partial charge in [-0.05, 0) is 33.5 Å². The number of carbonyl (C=O) groups is 1. The minimum Gasteiger partial charge on any atom is -0.337 e. The Balaban J connectivity index is 2.23. The number of aryl methyl sites for hydroxylation is 2. The number of amides is 1. The van der Waals surface area contributed by atoms with Crippen LogP contribution in [0.25, 0.3) is 0 Å². The Morgan fingerprint density at radius 3 is 2.58 bits per heavy atom. The van der Waals surface area contributed by atoms with Gasteiger partial charge in [0.25, 0.3) is 0 Å². The molecule has 6 nitrogen and oxygen atoms in total. The van der Waals surface area contributed by atoms with Gasteiger partial charge in [0.15, 0.2) is 5.82 Å². The van der Waals surface area contributed by atoms with E-state index in [0.717, 1.165) is 11.1 Å². The van der Waals surface area contributed by atoms with Crippen LogP contribution in [0.5, 0.6) is 0 Å². The van der Waals surface area contributed by atoms with Gasteiger partial charge in [-0.3, -0.25) is 9.69 Å². The molecule has 2 aromatic rings. The van der Waals surface area contributed by atoms with Crippen LogP contribution in [0.2, 0.25) is 0 Å². The van der Waals surface area contributed by atoms with Gasteiger partial charge >= 0.3 is 0 Å². The quantitative estimate of drug-likeness (QED) is 0.781. The third kappa shape index (κ3) is 4.20. The van der Waals surface area contributed by atoms with Crippen molar-refractivity contribution in [3.05, 3.63) is 47.1 Å². The Labute approximate surface area is 143 Å². The molecule has 0 saturated heterocycles. The van der Waals surface area contributed by atoms with Crippen molar-refractivity contribution < 1.29 is 9.32 Å². The summed E-state index contributed by atoms with van der Waals surface area (Å²) in [5.41, 5.74) is 2.13. The number of aromatic nitrogens is 2. The fourth-order valence-electron chi connectivity index (χ4n) is 2.68. The molecule has 130 valence electrons. The van der Waals surface area contributed by atoms with E-state index in [0.29, 0.717) is 31.2 Å². The Kier molecular flexibility index (Phi) is 6.09. The average Bonchev–Trinajstić information content (AvgIpc) is 3.00.